The first-order valence-electron chi connectivity index (χ1n) is 7.17. The third-order valence-corrected chi connectivity index (χ3v) is 4.67. The van der Waals surface area contributed by atoms with E-state index in [1.54, 1.807) is 22.3 Å². The number of nitrogens with zero attached hydrogens (tertiary/aromatic N) is 1. The van der Waals surface area contributed by atoms with Crippen LogP contribution in [0.3, 0.4) is 0 Å². The van der Waals surface area contributed by atoms with Gasteiger partial charge in [-0.1, -0.05) is 12.1 Å². The van der Waals surface area contributed by atoms with Crippen LogP contribution in [-0.4, -0.2) is 24.5 Å². The van der Waals surface area contributed by atoms with Gasteiger partial charge in [-0.15, -0.1) is 0 Å². The minimum atomic E-state index is -0.237. The van der Waals surface area contributed by atoms with Crippen LogP contribution >= 0.6 is 11.3 Å². The number of fused-ring (bicyclic) bond motifs is 1. The van der Waals surface area contributed by atoms with E-state index in [9.17, 15) is 9.18 Å². The average Bonchev–Trinajstić information content (AvgIpc) is 3.17. The molecule has 4 nitrogen and oxygen atoms in total. The van der Waals surface area contributed by atoms with Gasteiger partial charge in [0.25, 0.3) is 0 Å². The molecule has 1 aliphatic rings. The van der Waals surface area contributed by atoms with Gasteiger partial charge in [0.2, 0.25) is 0 Å². The normalized spacial score (nSPS) is 14.7. The molecule has 22 heavy (non-hydrogen) atoms. The largest absolute Gasteiger partial charge is 0.336 e. The summed E-state index contributed by atoms with van der Waals surface area (Å²) in [7, 11) is 1.87. The maximum Gasteiger partial charge on any atom is 0.318 e. The summed E-state index contributed by atoms with van der Waals surface area (Å²) < 4.78 is 13.7. The Kier molecular flexibility index (Phi) is 4.40. The number of urea groups is 1. The van der Waals surface area contributed by atoms with Crippen molar-refractivity contribution in [2.24, 2.45) is 0 Å². The van der Waals surface area contributed by atoms with Crippen LogP contribution < -0.4 is 10.6 Å². The van der Waals surface area contributed by atoms with E-state index < -0.39 is 0 Å². The highest BCUT2D eigenvalue weighted by Crippen LogP contribution is 2.25. The smallest absolute Gasteiger partial charge is 0.318 e. The van der Waals surface area contributed by atoms with E-state index in [0.717, 1.165) is 11.1 Å². The fourth-order valence-electron chi connectivity index (χ4n) is 2.69. The molecule has 6 heteroatoms. The Hall–Kier alpha value is -1.92. The molecule has 0 radical (unpaired) electrons. The van der Waals surface area contributed by atoms with Gasteiger partial charge in [0.1, 0.15) is 5.82 Å². The van der Waals surface area contributed by atoms with Crippen molar-refractivity contribution in [3.8, 4) is 0 Å². The first kappa shape index (κ1) is 15.0. The van der Waals surface area contributed by atoms with Crippen LogP contribution in [0.5, 0.6) is 0 Å². The number of benzene rings is 1. The zero-order valence-corrected chi connectivity index (χ0v) is 13.1. The quantitative estimate of drug-likeness (QED) is 0.910. The maximum absolute atomic E-state index is 13.7. The van der Waals surface area contributed by atoms with Crippen LogP contribution in [0.1, 0.15) is 22.7 Å². The number of rotatable bonds is 4. The highest BCUT2D eigenvalue weighted by Gasteiger charge is 2.25. The van der Waals surface area contributed by atoms with Crippen molar-refractivity contribution in [1.29, 1.82) is 0 Å². The Morgan fingerprint density at radius 3 is 2.95 bits per heavy atom. The molecular formula is C16H18FN3OS. The fourth-order valence-corrected chi connectivity index (χ4v) is 3.40. The van der Waals surface area contributed by atoms with Gasteiger partial charge in [-0.3, -0.25) is 0 Å². The molecule has 0 spiro atoms. The number of carbonyl (C=O) groups is 1. The summed E-state index contributed by atoms with van der Waals surface area (Å²) in [5.74, 6) is -0.237. The zero-order valence-electron chi connectivity index (χ0n) is 12.3. The lowest BCUT2D eigenvalue weighted by Gasteiger charge is -2.20. The summed E-state index contributed by atoms with van der Waals surface area (Å²) in [4.78, 5) is 13.9. The predicted molar refractivity (Wildman–Crippen MR) is 85.2 cm³/mol. The molecule has 0 saturated carbocycles. The van der Waals surface area contributed by atoms with Crippen LogP contribution in [0.2, 0.25) is 0 Å². The summed E-state index contributed by atoms with van der Waals surface area (Å²) in [6.07, 6.45) is 0. The number of nitrogens with one attached hydrogen (secondary N) is 2. The molecule has 1 atom stereocenters. The molecule has 2 N–H and O–H groups in total. The van der Waals surface area contributed by atoms with Crippen molar-refractivity contribution in [2.45, 2.75) is 19.1 Å². The summed E-state index contributed by atoms with van der Waals surface area (Å²) in [6, 6.07) is 6.95. The Bertz CT molecular complexity index is 659. The van der Waals surface area contributed by atoms with Crippen molar-refractivity contribution in [2.75, 3.05) is 13.6 Å². The molecule has 2 heterocycles. The lowest BCUT2D eigenvalue weighted by molar-refractivity contribution is 0.197. The number of hydrogen-bond acceptors (Lipinski definition) is 3. The second-order valence-electron chi connectivity index (χ2n) is 5.32. The zero-order chi connectivity index (χ0) is 15.5. The maximum atomic E-state index is 13.7. The first-order valence-corrected chi connectivity index (χ1v) is 8.11. The predicted octanol–water partition coefficient (Wildman–Crippen LogP) is 2.87. The molecule has 2 aromatic rings. The summed E-state index contributed by atoms with van der Waals surface area (Å²) in [6.45, 7) is 1.29. The van der Waals surface area contributed by atoms with Gasteiger partial charge in [0, 0.05) is 18.7 Å². The van der Waals surface area contributed by atoms with Crippen LogP contribution in [0.4, 0.5) is 9.18 Å². The van der Waals surface area contributed by atoms with E-state index in [4.69, 9.17) is 0 Å². The molecule has 0 bridgehead atoms. The highest BCUT2D eigenvalue weighted by atomic mass is 32.1. The molecule has 0 saturated heterocycles. The SMILES string of the molecule is CNC(CNC(=O)N1Cc2cccc(F)c2C1)c1ccsc1. The second kappa shape index (κ2) is 6.46. The third-order valence-electron chi connectivity index (χ3n) is 3.96. The van der Waals surface area contributed by atoms with Crippen LogP contribution in [0.15, 0.2) is 35.0 Å². The van der Waals surface area contributed by atoms with E-state index >= 15 is 0 Å². The Morgan fingerprint density at radius 1 is 1.41 bits per heavy atom. The lowest BCUT2D eigenvalue weighted by Crippen LogP contribution is -2.40. The number of thiophene rings is 1. The van der Waals surface area contributed by atoms with E-state index in [0.29, 0.717) is 25.2 Å². The van der Waals surface area contributed by atoms with Crippen LogP contribution in [0.25, 0.3) is 0 Å². The second-order valence-corrected chi connectivity index (χ2v) is 6.10. The monoisotopic (exact) mass is 319 g/mol. The number of likely N-dealkylation sites (N-methyl/N-ethyl adjacent to an activating group) is 1. The number of halogens is 1. The average molecular weight is 319 g/mol. The van der Waals surface area contributed by atoms with Crippen LogP contribution in [0, 0.1) is 5.82 Å². The molecule has 1 aromatic carbocycles. The van der Waals surface area contributed by atoms with Crippen molar-refractivity contribution < 1.29 is 9.18 Å². The van der Waals surface area contributed by atoms with Gasteiger partial charge in [-0.2, -0.15) is 11.3 Å². The summed E-state index contributed by atoms with van der Waals surface area (Å²) in [5, 5.41) is 10.2. The van der Waals surface area contributed by atoms with Gasteiger partial charge >= 0.3 is 6.03 Å². The van der Waals surface area contributed by atoms with Gasteiger partial charge < -0.3 is 15.5 Å². The van der Waals surface area contributed by atoms with Gasteiger partial charge in [0.05, 0.1) is 12.6 Å². The van der Waals surface area contributed by atoms with E-state index in [1.807, 2.05) is 24.6 Å². The molecular weight excluding hydrogens is 301 g/mol. The Labute approximate surface area is 132 Å². The lowest BCUT2D eigenvalue weighted by atomic mass is 10.1. The van der Waals surface area contributed by atoms with Gasteiger partial charge in [-0.05, 0) is 41.1 Å². The van der Waals surface area contributed by atoms with Crippen molar-refractivity contribution in [3.63, 3.8) is 0 Å². The standard InChI is InChI=1S/C16H18FN3OS/c1-18-15(12-5-6-22-10-12)7-19-16(21)20-8-11-3-2-4-14(17)13(11)9-20/h2-6,10,15,18H,7-9H2,1H3,(H,19,21). The Balaban J connectivity index is 1.59. The molecule has 116 valence electrons. The van der Waals surface area contributed by atoms with Gasteiger partial charge in [-0.25, -0.2) is 9.18 Å². The van der Waals surface area contributed by atoms with Crippen molar-refractivity contribution in [1.82, 2.24) is 15.5 Å². The van der Waals surface area contributed by atoms with Crippen molar-refractivity contribution >= 4 is 17.4 Å². The van der Waals surface area contributed by atoms with Crippen LogP contribution in [-0.2, 0) is 13.1 Å². The summed E-state index contributed by atoms with van der Waals surface area (Å²) >= 11 is 1.63. The van der Waals surface area contributed by atoms with Gasteiger partial charge in [0.15, 0.2) is 0 Å². The van der Waals surface area contributed by atoms with E-state index in [1.165, 1.54) is 6.07 Å². The molecule has 1 aromatic heterocycles. The van der Waals surface area contributed by atoms with E-state index in [-0.39, 0.29) is 17.9 Å². The minimum absolute atomic E-state index is 0.0805. The topological polar surface area (TPSA) is 44.4 Å². The summed E-state index contributed by atoms with van der Waals surface area (Å²) in [5.41, 5.74) is 2.67. The van der Waals surface area contributed by atoms with Crippen molar-refractivity contribution in [3.05, 3.63) is 57.5 Å². The molecule has 1 aliphatic heterocycles. The van der Waals surface area contributed by atoms with E-state index in [2.05, 4.69) is 16.0 Å². The molecule has 2 amide bonds. The molecule has 3 rings (SSSR count). The molecule has 1 unspecified atom stereocenters. The highest BCUT2D eigenvalue weighted by molar-refractivity contribution is 7.07. The third kappa shape index (κ3) is 2.98. The molecule has 0 aliphatic carbocycles. The first-order chi connectivity index (χ1) is 10.7. The minimum Gasteiger partial charge on any atom is -0.336 e. The number of hydrogen-bond donors (Lipinski definition) is 2. The number of carbonyl (C=O) groups excluding carboxylic acids is 1. The fraction of sp³-hybridized carbons (Fsp3) is 0.312. The molecule has 0 fully saturated rings. The number of amides is 2. The Morgan fingerprint density at radius 2 is 2.27 bits per heavy atom.